The van der Waals surface area contributed by atoms with Crippen LogP contribution in [0.25, 0.3) is 0 Å². The highest BCUT2D eigenvalue weighted by Gasteiger charge is 2.30. The van der Waals surface area contributed by atoms with E-state index in [2.05, 4.69) is 0 Å². The Labute approximate surface area is 113 Å². The number of hydrogen-bond acceptors (Lipinski definition) is 3. The maximum absolute atomic E-state index is 11.0. The van der Waals surface area contributed by atoms with Crippen molar-refractivity contribution in [2.24, 2.45) is 0 Å². The molecule has 1 aromatic rings. The van der Waals surface area contributed by atoms with E-state index in [9.17, 15) is 4.79 Å². The molecule has 100 valence electrons. The molecule has 0 unspecified atom stereocenters. The zero-order valence-electron chi connectivity index (χ0n) is 11.5. The van der Waals surface area contributed by atoms with E-state index in [1.54, 1.807) is 18.9 Å². The lowest BCUT2D eigenvalue weighted by Gasteiger charge is -2.28. The topological polar surface area (TPSA) is 46.5 Å². The summed E-state index contributed by atoms with van der Waals surface area (Å²) in [6.07, 6.45) is 2.07. The number of carboxylic acid groups (broad SMARTS) is 1. The molecule has 3 nitrogen and oxygen atoms in total. The molecule has 0 saturated heterocycles. The van der Waals surface area contributed by atoms with Crippen molar-refractivity contribution in [3.05, 3.63) is 23.3 Å². The predicted molar refractivity (Wildman–Crippen MR) is 74.8 cm³/mol. The fraction of sp³-hybridized carbons (Fsp3) is 0.500. The predicted octanol–water partition coefficient (Wildman–Crippen LogP) is 3.48. The number of aliphatic carboxylic acids is 1. The zero-order valence-corrected chi connectivity index (χ0v) is 12.4. The Bertz CT molecular complexity index is 453. The largest absolute Gasteiger partial charge is 0.496 e. The van der Waals surface area contributed by atoms with Crippen LogP contribution in [0.4, 0.5) is 0 Å². The average molecular weight is 268 g/mol. The minimum absolute atomic E-state index is 0.0837. The molecule has 1 aromatic carbocycles. The molecule has 4 heteroatoms. The van der Waals surface area contributed by atoms with Gasteiger partial charge in [-0.05, 0) is 24.8 Å². The number of aryl methyl sites for hydroxylation is 1. The van der Waals surface area contributed by atoms with E-state index in [1.807, 2.05) is 39.2 Å². The van der Waals surface area contributed by atoms with Gasteiger partial charge in [-0.3, -0.25) is 4.79 Å². The van der Waals surface area contributed by atoms with Crippen LogP contribution in [0.5, 0.6) is 5.75 Å². The lowest BCUT2D eigenvalue weighted by atomic mass is 9.80. The van der Waals surface area contributed by atoms with Gasteiger partial charge in [-0.25, -0.2) is 0 Å². The number of rotatable bonds is 5. The molecule has 0 fully saturated rings. The van der Waals surface area contributed by atoms with Gasteiger partial charge in [0.15, 0.2) is 0 Å². The molecule has 0 amide bonds. The third-order valence-electron chi connectivity index (χ3n) is 3.01. The number of carbonyl (C=O) groups is 1. The normalized spacial score (nSPS) is 11.4. The summed E-state index contributed by atoms with van der Waals surface area (Å²) in [5.41, 5.74) is 1.56. The quantitative estimate of drug-likeness (QED) is 0.831. The molecule has 0 aromatic heterocycles. The molecule has 0 aliphatic heterocycles. The molecule has 0 spiro atoms. The third-order valence-corrected chi connectivity index (χ3v) is 3.79. The Morgan fingerprint density at radius 1 is 1.44 bits per heavy atom. The van der Waals surface area contributed by atoms with Gasteiger partial charge in [0.2, 0.25) is 0 Å². The average Bonchev–Trinajstić information content (AvgIpc) is 2.26. The van der Waals surface area contributed by atoms with Crippen molar-refractivity contribution in [3.8, 4) is 5.75 Å². The second kappa shape index (κ2) is 5.65. The van der Waals surface area contributed by atoms with E-state index in [0.717, 1.165) is 21.8 Å². The van der Waals surface area contributed by atoms with Crippen LogP contribution in [-0.2, 0) is 10.2 Å². The van der Waals surface area contributed by atoms with Gasteiger partial charge in [0.25, 0.3) is 0 Å². The summed E-state index contributed by atoms with van der Waals surface area (Å²) < 4.78 is 5.48. The van der Waals surface area contributed by atoms with Crippen LogP contribution in [0.15, 0.2) is 17.0 Å². The molecule has 0 atom stereocenters. The van der Waals surface area contributed by atoms with Gasteiger partial charge in [0.05, 0.1) is 13.5 Å². The lowest BCUT2D eigenvalue weighted by Crippen LogP contribution is -2.23. The van der Waals surface area contributed by atoms with Crippen LogP contribution in [0.2, 0.25) is 0 Å². The second-order valence-corrected chi connectivity index (χ2v) is 5.80. The van der Waals surface area contributed by atoms with Crippen molar-refractivity contribution in [1.82, 2.24) is 0 Å². The fourth-order valence-electron chi connectivity index (χ4n) is 2.21. The summed E-state index contributed by atoms with van der Waals surface area (Å²) >= 11 is 1.61. The summed E-state index contributed by atoms with van der Waals surface area (Å²) in [7, 11) is 1.63. The molecule has 0 bridgehead atoms. The minimum Gasteiger partial charge on any atom is -0.496 e. The number of thioether (sulfide) groups is 1. The first-order valence-corrected chi connectivity index (χ1v) is 7.00. The molecule has 0 saturated carbocycles. The monoisotopic (exact) mass is 268 g/mol. The Hall–Kier alpha value is -1.16. The van der Waals surface area contributed by atoms with Crippen LogP contribution in [0.1, 0.15) is 31.4 Å². The van der Waals surface area contributed by atoms with E-state index in [4.69, 9.17) is 9.84 Å². The SMILES string of the molecule is COc1c(C)ccc(SC)c1C(C)(C)CC(=O)O. The number of carboxylic acids is 1. The van der Waals surface area contributed by atoms with Gasteiger partial charge in [0.1, 0.15) is 5.75 Å². The van der Waals surface area contributed by atoms with Crippen LogP contribution < -0.4 is 4.74 Å². The Kier molecular flexibility index (Phi) is 4.68. The van der Waals surface area contributed by atoms with Crippen LogP contribution in [-0.4, -0.2) is 24.4 Å². The van der Waals surface area contributed by atoms with Crippen molar-refractivity contribution in [2.75, 3.05) is 13.4 Å². The van der Waals surface area contributed by atoms with Crippen LogP contribution >= 0.6 is 11.8 Å². The maximum Gasteiger partial charge on any atom is 0.304 e. The highest BCUT2D eigenvalue weighted by atomic mass is 32.2. The first-order chi connectivity index (χ1) is 8.33. The van der Waals surface area contributed by atoms with E-state index in [0.29, 0.717) is 0 Å². The Morgan fingerprint density at radius 3 is 2.50 bits per heavy atom. The van der Waals surface area contributed by atoms with Crippen molar-refractivity contribution in [2.45, 2.75) is 37.5 Å². The standard InChI is InChI=1S/C14H20O3S/c1-9-6-7-10(18-5)12(13(9)17-4)14(2,3)8-11(15)16/h6-7H,8H2,1-5H3,(H,15,16). The van der Waals surface area contributed by atoms with Gasteiger partial charge >= 0.3 is 5.97 Å². The summed E-state index contributed by atoms with van der Waals surface area (Å²) in [4.78, 5) is 12.1. The number of methoxy groups -OCH3 is 1. The molecular weight excluding hydrogens is 248 g/mol. The van der Waals surface area contributed by atoms with Gasteiger partial charge in [-0.15, -0.1) is 11.8 Å². The molecule has 0 radical (unpaired) electrons. The molecule has 0 heterocycles. The van der Waals surface area contributed by atoms with Gasteiger partial charge in [-0.1, -0.05) is 19.9 Å². The number of ether oxygens (including phenoxy) is 1. The highest BCUT2D eigenvalue weighted by Crippen LogP contribution is 2.42. The van der Waals surface area contributed by atoms with E-state index >= 15 is 0 Å². The van der Waals surface area contributed by atoms with Gasteiger partial charge < -0.3 is 9.84 Å². The van der Waals surface area contributed by atoms with Crippen molar-refractivity contribution < 1.29 is 14.6 Å². The molecule has 1 rings (SSSR count). The summed E-state index contributed by atoms with van der Waals surface area (Å²) in [5.74, 6) is 0.00344. The fourth-order valence-corrected chi connectivity index (χ4v) is 2.99. The summed E-state index contributed by atoms with van der Waals surface area (Å²) in [6.45, 7) is 5.86. The van der Waals surface area contributed by atoms with Crippen LogP contribution in [0, 0.1) is 6.92 Å². The Morgan fingerprint density at radius 2 is 2.06 bits per heavy atom. The molecule has 0 aliphatic rings. The van der Waals surface area contributed by atoms with E-state index < -0.39 is 11.4 Å². The van der Waals surface area contributed by atoms with Gasteiger partial charge in [0, 0.05) is 15.9 Å². The smallest absolute Gasteiger partial charge is 0.304 e. The lowest BCUT2D eigenvalue weighted by molar-refractivity contribution is -0.138. The molecule has 18 heavy (non-hydrogen) atoms. The number of hydrogen-bond donors (Lipinski definition) is 1. The van der Waals surface area contributed by atoms with Crippen molar-refractivity contribution in [3.63, 3.8) is 0 Å². The first-order valence-electron chi connectivity index (χ1n) is 5.77. The maximum atomic E-state index is 11.0. The summed E-state index contributed by atoms with van der Waals surface area (Å²) in [5, 5.41) is 9.06. The van der Waals surface area contributed by atoms with E-state index in [1.165, 1.54) is 0 Å². The molecular formula is C14H20O3S. The number of benzene rings is 1. The summed E-state index contributed by atoms with van der Waals surface area (Å²) in [6, 6.07) is 4.03. The third kappa shape index (κ3) is 2.99. The van der Waals surface area contributed by atoms with Crippen LogP contribution in [0.3, 0.4) is 0 Å². The molecule has 0 aliphatic carbocycles. The van der Waals surface area contributed by atoms with Gasteiger partial charge in [-0.2, -0.15) is 0 Å². The zero-order chi connectivity index (χ0) is 13.9. The first kappa shape index (κ1) is 14.9. The van der Waals surface area contributed by atoms with Crippen molar-refractivity contribution in [1.29, 1.82) is 0 Å². The second-order valence-electron chi connectivity index (χ2n) is 4.95. The molecule has 1 N–H and O–H groups in total. The minimum atomic E-state index is -0.796. The van der Waals surface area contributed by atoms with Crippen molar-refractivity contribution >= 4 is 17.7 Å². The Balaban J connectivity index is 3.44. The van der Waals surface area contributed by atoms with E-state index in [-0.39, 0.29) is 6.42 Å². The highest BCUT2D eigenvalue weighted by molar-refractivity contribution is 7.98.